The molecule has 0 bridgehead atoms. The van der Waals surface area contributed by atoms with E-state index >= 15 is 0 Å². The van der Waals surface area contributed by atoms with Gasteiger partial charge in [-0.15, -0.1) is 0 Å². The van der Waals surface area contributed by atoms with E-state index in [-0.39, 0.29) is 24.9 Å². The molecule has 7 nitrogen and oxygen atoms in total. The standard InChI is InChI=1S/C23H25F2N5O2/c1-30-8-2-3-20(30)23(32)29-19(11-14-4-5-17(24)18(25)10-14)22(31)28-13-15-9-16-6-7-26-21(16)27-12-15/h4-7,9-10,12,19-20H,2-3,8,11,13H2,1H3,(H,26,27)(H,28,31)(H,29,32). The Morgan fingerprint density at radius 1 is 1.22 bits per heavy atom. The number of carbonyl (C=O) groups excluding carboxylic acids is 2. The van der Waals surface area contributed by atoms with Crippen LogP contribution < -0.4 is 10.6 Å². The quantitative estimate of drug-likeness (QED) is 0.525. The van der Waals surface area contributed by atoms with Crippen molar-refractivity contribution >= 4 is 22.8 Å². The highest BCUT2D eigenvalue weighted by Crippen LogP contribution is 2.16. The van der Waals surface area contributed by atoms with E-state index in [1.54, 1.807) is 12.4 Å². The average Bonchev–Trinajstić information content (AvgIpc) is 3.42. The highest BCUT2D eigenvalue weighted by atomic mass is 19.2. The van der Waals surface area contributed by atoms with Gasteiger partial charge in [0.25, 0.3) is 0 Å². The van der Waals surface area contributed by atoms with Gasteiger partial charge in [-0.05, 0) is 61.8 Å². The molecule has 3 aromatic rings. The van der Waals surface area contributed by atoms with Gasteiger partial charge >= 0.3 is 0 Å². The van der Waals surface area contributed by atoms with Crippen molar-refractivity contribution in [2.75, 3.05) is 13.6 Å². The van der Waals surface area contributed by atoms with Crippen molar-refractivity contribution in [1.82, 2.24) is 25.5 Å². The van der Waals surface area contributed by atoms with Crippen molar-refractivity contribution < 1.29 is 18.4 Å². The second-order valence-electron chi connectivity index (χ2n) is 8.13. The third-order valence-corrected chi connectivity index (χ3v) is 5.80. The topological polar surface area (TPSA) is 90.1 Å². The number of aromatic nitrogens is 2. The van der Waals surface area contributed by atoms with Gasteiger partial charge in [0.15, 0.2) is 11.6 Å². The van der Waals surface area contributed by atoms with Crippen LogP contribution in [0.25, 0.3) is 11.0 Å². The number of nitrogens with zero attached hydrogens (tertiary/aromatic N) is 2. The van der Waals surface area contributed by atoms with Gasteiger partial charge in [-0.1, -0.05) is 6.07 Å². The summed E-state index contributed by atoms with van der Waals surface area (Å²) in [6.07, 6.45) is 5.11. The zero-order valence-corrected chi connectivity index (χ0v) is 17.7. The molecule has 168 valence electrons. The molecule has 32 heavy (non-hydrogen) atoms. The number of carbonyl (C=O) groups is 2. The summed E-state index contributed by atoms with van der Waals surface area (Å²) in [5.41, 5.74) is 1.97. The third-order valence-electron chi connectivity index (χ3n) is 5.80. The number of pyridine rings is 1. The van der Waals surface area contributed by atoms with E-state index in [0.29, 0.717) is 12.0 Å². The summed E-state index contributed by atoms with van der Waals surface area (Å²) in [5.74, 6) is -2.60. The number of likely N-dealkylation sites (tertiary alicyclic amines) is 1. The van der Waals surface area contributed by atoms with Gasteiger partial charge in [0.1, 0.15) is 11.7 Å². The fraction of sp³-hybridized carbons (Fsp3) is 0.348. The fourth-order valence-electron chi connectivity index (χ4n) is 4.02. The third kappa shape index (κ3) is 4.94. The molecule has 3 N–H and O–H groups in total. The lowest BCUT2D eigenvalue weighted by atomic mass is 10.0. The number of hydrogen-bond acceptors (Lipinski definition) is 4. The predicted molar refractivity (Wildman–Crippen MR) is 116 cm³/mol. The van der Waals surface area contributed by atoms with Crippen LogP contribution in [0.15, 0.2) is 42.7 Å². The molecule has 1 aromatic carbocycles. The molecule has 2 aromatic heterocycles. The second kappa shape index (κ2) is 9.44. The van der Waals surface area contributed by atoms with E-state index < -0.39 is 23.6 Å². The van der Waals surface area contributed by atoms with Crippen LogP contribution in [0.5, 0.6) is 0 Å². The maximum Gasteiger partial charge on any atom is 0.243 e. The number of H-pyrrole nitrogens is 1. The molecule has 0 saturated carbocycles. The van der Waals surface area contributed by atoms with Gasteiger partial charge < -0.3 is 15.6 Å². The van der Waals surface area contributed by atoms with Crippen LogP contribution in [-0.4, -0.2) is 52.4 Å². The monoisotopic (exact) mass is 441 g/mol. The van der Waals surface area contributed by atoms with Crippen LogP contribution in [0.1, 0.15) is 24.0 Å². The number of benzene rings is 1. The molecule has 1 fully saturated rings. The molecule has 4 rings (SSSR count). The molecule has 0 spiro atoms. The maximum absolute atomic E-state index is 13.7. The van der Waals surface area contributed by atoms with Crippen LogP contribution in [0.4, 0.5) is 8.78 Å². The van der Waals surface area contributed by atoms with E-state index in [2.05, 4.69) is 20.6 Å². The van der Waals surface area contributed by atoms with E-state index in [0.717, 1.165) is 41.7 Å². The first-order valence-electron chi connectivity index (χ1n) is 10.5. The molecule has 1 aliphatic rings. The van der Waals surface area contributed by atoms with Gasteiger partial charge in [0.2, 0.25) is 11.8 Å². The van der Waals surface area contributed by atoms with Crippen molar-refractivity contribution in [3.8, 4) is 0 Å². The Kier molecular flexibility index (Phi) is 6.45. The zero-order chi connectivity index (χ0) is 22.7. The molecule has 2 atom stereocenters. The van der Waals surface area contributed by atoms with Gasteiger partial charge in [0.05, 0.1) is 6.04 Å². The number of halogens is 2. The SMILES string of the molecule is CN1CCCC1C(=O)NC(Cc1ccc(F)c(F)c1)C(=O)NCc1cnc2[nH]ccc2c1. The Hall–Kier alpha value is -3.33. The summed E-state index contributed by atoms with van der Waals surface area (Å²) in [7, 11) is 1.87. The molecule has 1 aliphatic heterocycles. The second-order valence-corrected chi connectivity index (χ2v) is 8.13. The predicted octanol–water partition coefficient (Wildman–Crippen LogP) is 2.28. The van der Waals surface area contributed by atoms with E-state index in [4.69, 9.17) is 0 Å². The summed E-state index contributed by atoms with van der Waals surface area (Å²) < 4.78 is 27.0. The van der Waals surface area contributed by atoms with E-state index in [9.17, 15) is 18.4 Å². The minimum Gasteiger partial charge on any atom is -0.350 e. The summed E-state index contributed by atoms with van der Waals surface area (Å²) in [4.78, 5) is 35.0. The van der Waals surface area contributed by atoms with Crippen LogP contribution >= 0.6 is 0 Å². The van der Waals surface area contributed by atoms with Crippen LogP contribution in [-0.2, 0) is 22.6 Å². The lowest BCUT2D eigenvalue weighted by molar-refractivity contribution is -0.131. The van der Waals surface area contributed by atoms with Crippen molar-refractivity contribution in [3.05, 3.63) is 65.5 Å². The van der Waals surface area contributed by atoms with Crippen molar-refractivity contribution in [1.29, 1.82) is 0 Å². The number of hydrogen-bond donors (Lipinski definition) is 3. The van der Waals surface area contributed by atoms with Gasteiger partial charge in [0, 0.05) is 30.7 Å². The Balaban J connectivity index is 1.47. The Bertz CT molecular complexity index is 1130. The molecule has 2 unspecified atom stereocenters. The summed E-state index contributed by atoms with van der Waals surface area (Å²) in [6, 6.07) is 6.04. The van der Waals surface area contributed by atoms with Gasteiger partial charge in [-0.3, -0.25) is 14.5 Å². The van der Waals surface area contributed by atoms with Crippen LogP contribution in [0, 0.1) is 11.6 Å². The van der Waals surface area contributed by atoms with Crippen molar-refractivity contribution in [2.45, 2.75) is 37.9 Å². The maximum atomic E-state index is 13.7. The first kappa shape index (κ1) is 21.9. The zero-order valence-electron chi connectivity index (χ0n) is 17.7. The van der Waals surface area contributed by atoms with Gasteiger partial charge in [-0.25, -0.2) is 13.8 Å². The molecule has 2 amide bonds. The molecule has 9 heteroatoms. The molecule has 1 saturated heterocycles. The van der Waals surface area contributed by atoms with Crippen LogP contribution in [0.3, 0.4) is 0 Å². The van der Waals surface area contributed by atoms with Crippen LogP contribution in [0.2, 0.25) is 0 Å². The lowest BCUT2D eigenvalue weighted by Gasteiger charge is -2.24. The fourth-order valence-corrected chi connectivity index (χ4v) is 4.02. The Labute approximate surface area is 184 Å². The minimum absolute atomic E-state index is 0.0420. The Morgan fingerprint density at radius 3 is 2.81 bits per heavy atom. The van der Waals surface area contributed by atoms with E-state index in [1.807, 2.05) is 24.1 Å². The molecular weight excluding hydrogens is 416 g/mol. The smallest absolute Gasteiger partial charge is 0.243 e. The van der Waals surface area contributed by atoms with E-state index in [1.165, 1.54) is 6.07 Å². The molecule has 0 aliphatic carbocycles. The lowest BCUT2D eigenvalue weighted by Crippen LogP contribution is -2.52. The normalized spacial score (nSPS) is 17.4. The first-order chi connectivity index (χ1) is 15.4. The number of aromatic amines is 1. The van der Waals surface area contributed by atoms with Crippen molar-refractivity contribution in [2.24, 2.45) is 0 Å². The summed E-state index contributed by atoms with van der Waals surface area (Å²) in [5, 5.41) is 6.55. The Morgan fingerprint density at radius 2 is 2.06 bits per heavy atom. The molecular formula is C23H25F2N5O2. The average molecular weight is 441 g/mol. The number of rotatable bonds is 7. The minimum atomic E-state index is -0.991. The summed E-state index contributed by atoms with van der Waals surface area (Å²) in [6.45, 7) is 1.03. The van der Waals surface area contributed by atoms with Gasteiger partial charge in [-0.2, -0.15) is 0 Å². The highest BCUT2D eigenvalue weighted by molar-refractivity contribution is 5.90. The highest BCUT2D eigenvalue weighted by Gasteiger charge is 2.31. The van der Waals surface area contributed by atoms with Crippen molar-refractivity contribution in [3.63, 3.8) is 0 Å². The number of nitrogens with one attached hydrogen (secondary N) is 3. The summed E-state index contributed by atoms with van der Waals surface area (Å²) >= 11 is 0. The molecule has 3 heterocycles. The number of amides is 2. The first-order valence-corrected chi connectivity index (χ1v) is 10.5. The molecule has 0 radical (unpaired) electrons. The number of fused-ring (bicyclic) bond motifs is 1. The largest absolute Gasteiger partial charge is 0.350 e. The number of likely N-dealkylation sites (N-methyl/N-ethyl adjacent to an activating group) is 1.